The van der Waals surface area contributed by atoms with Gasteiger partial charge in [-0.3, -0.25) is 0 Å². The molecule has 0 fully saturated rings. The Morgan fingerprint density at radius 2 is 1.45 bits per heavy atom. The monoisotopic (exact) mass is 306 g/mol. The molecule has 1 aromatic rings. The van der Waals surface area contributed by atoms with Gasteiger partial charge in [-0.2, -0.15) is 0 Å². The third kappa shape index (κ3) is 3.90. The quantitative estimate of drug-likeness (QED) is 0.901. The van der Waals surface area contributed by atoms with Gasteiger partial charge in [-0.15, -0.1) is 0 Å². The topological polar surface area (TPSA) is 64.7 Å². The lowest BCUT2D eigenvalue weighted by molar-refractivity contribution is 0.230. The molecule has 122 valence electrons. The van der Waals surface area contributed by atoms with Crippen LogP contribution in [-0.2, 0) is 6.42 Å². The number of amides is 4. The van der Waals surface area contributed by atoms with Crippen molar-refractivity contribution >= 4 is 23.4 Å². The van der Waals surface area contributed by atoms with Gasteiger partial charge in [0.05, 0.1) is 5.69 Å². The van der Waals surface area contributed by atoms with Crippen molar-refractivity contribution in [3.63, 3.8) is 0 Å². The van der Waals surface area contributed by atoms with E-state index in [0.717, 1.165) is 34.5 Å². The number of hydrogen-bond donors (Lipinski definition) is 2. The molecule has 0 unspecified atom stereocenters. The molecule has 0 saturated carbocycles. The Morgan fingerprint density at radius 3 is 1.91 bits per heavy atom. The van der Waals surface area contributed by atoms with Crippen LogP contribution < -0.4 is 10.6 Å². The molecule has 0 radical (unpaired) electrons. The lowest BCUT2D eigenvalue weighted by Crippen LogP contribution is -2.29. The Hall–Kier alpha value is -2.24. The van der Waals surface area contributed by atoms with Crippen LogP contribution in [0.15, 0.2) is 6.07 Å². The van der Waals surface area contributed by atoms with Gasteiger partial charge >= 0.3 is 12.1 Å². The highest BCUT2D eigenvalue weighted by Crippen LogP contribution is 2.31. The van der Waals surface area contributed by atoms with E-state index in [1.54, 1.807) is 28.2 Å². The Morgan fingerprint density at radius 1 is 0.955 bits per heavy atom. The number of hydrogen-bond acceptors (Lipinski definition) is 2. The number of aryl methyl sites for hydroxylation is 1. The van der Waals surface area contributed by atoms with E-state index in [4.69, 9.17) is 0 Å². The van der Waals surface area contributed by atoms with Crippen molar-refractivity contribution in [3.8, 4) is 0 Å². The molecule has 0 heterocycles. The minimum Gasteiger partial charge on any atom is -0.331 e. The molecule has 1 rings (SSSR count). The van der Waals surface area contributed by atoms with Crippen LogP contribution in [0.2, 0.25) is 0 Å². The summed E-state index contributed by atoms with van der Waals surface area (Å²) in [6.07, 6.45) is 0.821. The van der Waals surface area contributed by atoms with Gasteiger partial charge in [-0.25, -0.2) is 9.59 Å². The van der Waals surface area contributed by atoms with E-state index in [9.17, 15) is 9.59 Å². The largest absolute Gasteiger partial charge is 0.331 e. The van der Waals surface area contributed by atoms with E-state index in [2.05, 4.69) is 10.6 Å². The first-order valence-electron chi connectivity index (χ1n) is 7.28. The van der Waals surface area contributed by atoms with Crippen LogP contribution in [0.25, 0.3) is 0 Å². The van der Waals surface area contributed by atoms with Crippen molar-refractivity contribution in [1.29, 1.82) is 0 Å². The summed E-state index contributed by atoms with van der Waals surface area (Å²) in [5.74, 6) is 0. The highest BCUT2D eigenvalue weighted by atomic mass is 16.2. The summed E-state index contributed by atoms with van der Waals surface area (Å²) in [5, 5.41) is 5.79. The zero-order chi connectivity index (χ0) is 17.0. The Balaban J connectivity index is 3.30. The van der Waals surface area contributed by atoms with Crippen LogP contribution in [0.1, 0.15) is 23.6 Å². The molecule has 0 spiro atoms. The zero-order valence-electron chi connectivity index (χ0n) is 14.5. The van der Waals surface area contributed by atoms with E-state index in [1.165, 1.54) is 9.80 Å². The van der Waals surface area contributed by atoms with Gasteiger partial charge in [0.25, 0.3) is 0 Å². The van der Waals surface area contributed by atoms with Crippen molar-refractivity contribution in [2.24, 2.45) is 0 Å². The summed E-state index contributed by atoms with van der Waals surface area (Å²) >= 11 is 0. The molecule has 2 N–H and O–H groups in total. The first-order valence-corrected chi connectivity index (χ1v) is 7.28. The predicted molar refractivity (Wildman–Crippen MR) is 90.7 cm³/mol. The maximum absolute atomic E-state index is 12.0. The number of nitrogens with zero attached hydrogens (tertiary/aromatic N) is 2. The van der Waals surface area contributed by atoms with Crippen LogP contribution >= 0.6 is 0 Å². The van der Waals surface area contributed by atoms with Crippen LogP contribution in [0.3, 0.4) is 0 Å². The number of carbonyl (C=O) groups is 2. The molecular formula is C16H26N4O2. The lowest BCUT2D eigenvalue weighted by atomic mass is 9.98. The molecule has 0 aliphatic rings. The molecule has 0 atom stereocenters. The lowest BCUT2D eigenvalue weighted by Gasteiger charge is -2.21. The van der Waals surface area contributed by atoms with Crippen LogP contribution in [0, 0.1) is 13.8 Å². The number of urea groups is 2. The number of rotatable bonds is 3. The average Bonchev–Trinajstić information content (AvgIpc) is 2.45. The van der Waals surface area contributed by atoms with Gasteiger partial charge in [0.15, 0.2) is 0 Å². The summed E-state index contributed by atoms with van der Waals surface area (Å²) in [5.41, 5.74) is 4.44. The van der Waals surface area contributed by atoms with E-state index in [-0.39, 0.29) is 12.1 Å². The molecule has 4 amide bonds. The van der Waals surface area contributed by atoms with Crippen LogP contribution in [0.5, 0.6) is 0 Å². The smallest absolute Gasteiger partial charge is 0.321 e. The molecule has 0 saturated heterocycles. The Bertz CT molecular complexity index is 580. The number of carbonyl (C=O) groups excluding carboxylic acids is 2. The van der Waals surface area contributed by atoms with Crippen molar-refractivity contribution in [2.45, 2.75) is 27.2 Å². The first kappa shape index (κ1) is 17.8. The van der Waals surface area contributed by atoms with E-state index in [1.807, 2.05) is 26.8 Å². The highest BCUT2D eigenvalue weighted by molar-refractivity contribution is 5.95. The Kier molecular flexibility index (Phi) is 5.79. The van der Waals surface area contributed by atoms with Gasteiger partial charge < -0.3 is 20.4 Å². The average molecular weight is 306 g/mol. The normalized spacial score (nSPS) is 10.1. The Labute approximate surface area is 132 Å². The summed E-state index contributed by atoms with van der Waals surface area (Å²) < 4.78 is 0. The predicted octanol–water partition coefficient (Wildman–Crippen LogP) is 3.05. The van der Waals surface area contributed by atoms with E-state index < -0.39 is 0 Å². The molecule has 0 aliphatic heterocycles. The summed E-state index contributed by atoms with van der Waals surface area (Å²) in [6, 6.07) is 1.58. The van der Waals surface area contributed by atoms with Gasteiger partial charge in [0, 0.05) is 33.9 Å². The second-order valence-corrected chi connectivity index (χ2v) is 5.71. The molecule has 6 heteroatoms. The van der Waals surface area contributed by atoms with Crippen LogP contribution in [-0.4, -0.2) is 50.1 Å². The van der Waals surface area contributed by atoms with Crippen LogP contribution in [0.4, 0.5) is 21.0 Å². The second-order valence-electron chi connectivity index (χ2n) is 5.71. The number of nitrogens with one attached hydrogen (secondary N) is 2. The minimum absolute atomic E-state index is 0.190. The molecule has 6 nitrogen and oxygen atoms in total. The number of anilines is 2. The third-order valence-corrected chi connectivity index (χ3v) is 3.62. The molecule has 0 aromatic heterocycles. The minimum atomic E-state index is -0.195. The fourth-order valence-electron chi connectivity index (χ4n) is 2.10. The maximum Gasteiger partial charge on any atom is 0.321 e. The van der Waals surface area contributed by atoms with Gasteiger partial charge in [0.2, 0.25) is 0 Å². The highest BCUT2D eigenvalue weighted by Gasteiger charge is 2.16. The third-order valence-electron chi connectivity index (χ3n) is 3.62. The van der Waals surface area contributed by atoms with Gasteiger partial charge in [-0.05, 0) is 43.0 Å². The van der Waals surface area contributed by atoms with E-state index >= 15 is 0 Å². The fraction of sp³-hybridized carbons (Fsp3) is 0.500. The summed E-state index contributed by atoms with van der Waals surface area (Å²) in [4.78, 5) is 26.8. The molecule has 22 heavy (non-hydrogen) atoms. The van der Waals surface area contributed by atoms with Gasteiger partial charge in [-0.1, -0.05) is 6.92 Å². The second kappa shape index (κ2) is 7.15. The standard InChI is InChI=1S/C16H26N4O2/c1-8-12-9-13(17-15(21)19(4)5)11(3)14(10(12)2)18-16(22)20(6)7/h9H,8H2,1-7H3,(H,17,21)(H,18,22). The summed E-state index contributed by atoms with van der Waals surface area (Å²) in [7, 11) is 6.76. The molecule has 1 aromatic carbocycles. The zero-order valence-corrected chi connectivity index (χ0v) is 14.5. The number of benzene rings is 1. The first-order chi connectivity index (χ1) is 10.2. The summed E-state index contributed by atoms with van der Waals surface area (Å²) in [6.45, 7) is 5.92. The molecule has 0 aliphatic carbocycles. The van der Waals surface area contributed by atoms with Crippen molar-refractivity contribution in [1.82, 2.24) is 9.80 Å². The van der Waals surface area contributed by atoms with Crippen molar-refractivity contribution in [2.75, 3.05) is 38.8 Å². The molecular weight excluding hydrogens is 280 g/mol. The molecule has 0 bridgehead atoms. The van der Waals surface area contributed by atoms with Crippen molar-refractivity contribution < 1.29 is 9.59 Å². The van der Waals surface area contributed by atoms with E-state index in [0.29, 0.717) is 0 Å². The maximum atomic E-state index is 12.0. The van der Waals surface area contributed by atoms with Gasteiger partial charge in [0.1, 0.15) is 0 Å². The van der Waals surface area contributed by atoms with Crippen molar-refractivity contribution in [3.05, 3.63) is 22.8 Å². The fourth-order valence-corrected chi connectivity index (χ4v) is 2.10. The SMILES string of the molecule is CCc1cc(NC(=O)N(C)C)c(C)c(NC(=O)N(C)C)c1C.